The lowest BCUT2D eigenvalue weighted by atomic mass is 10.1. The molecule has 1 saturated heterocycles. The summed E-state index contributed by atoms with van der Waals surface area (Å²) in [5.41, 5.74) is 1.64. The van der Waals surface area contributed by atoms with Crippen LogP contribution in [0.2, 0.25) is 0 Å². The molecule has 162 valence electrons. The van der Waals surface area contributed by atoms with Crippen molar-refractivity contribution in [1.82, 2.24) is 20.4 Å². The van der Waals surface area contributed by atoms with Crippen LogP contribution in [0.5, 0.6) is 0 Å². The summed E-state index contributed by atoms with van der Waals surface area (Å²) in [6, 6.07) is 5.41. The van der Waals surface area contributed by atoms with Crippen molar-refractivity contribution < 1.29 is 13.9 Å². The van der Waals surface area contributed by atoms with Crippen LogP contribution in [0.25, 0.3) is 0 Å². The number of nitrogens with zero attached hydrogens (tertiary/aromatic N) is 3. The highest BCUT2D eigenvalue weighted by Gasteiger charge is 2.24. The summed E-state index contributed by atoms with van der Waals surface area (Å²) >= 11 is 0. The predicted molar refractivity (Wildman–Crippen MR) is 113 cm³/mol. The minimum atomic E-state index is -0.239. The summed E-state index contributed by atoms with van der Waals surface area (Å²) in [7, 11) is 3.84. The van der Waals surface area contributed by atoms with Crippen molar-refractivity contribution in [2.45, 2.75) is 45.8 Å². The first kappa shape index (κ1) is 22.9. The zero-order chi connectivity index (χ0) is 21.2. The molecule has 0 radical (unpaired) electrons. The molecule has 0 aliphatic carbocycles. The molecule has 0 unspecified atom stereocenters. The van der Waals surface area contributed by atoms with E-state index in [1.165, 1.54) is 6.07 Å². The Bertz CT molecular complexity index is 688. The molecule has 1 aromatic rings. The van der Waals surface area contributed by atoms with Crippen LogP contribution in [0.1, 0.15) is 37.8 Å². The quantitative estimate of drug-likeness (QED) is 0.537. The summed E-state index contributed by atoms with van der Waals surface area (Å²) in [6.45, 7) is 7.35. The molecule has 7 nitrogen and oxygen atoms in total. The van der Waals surface area contributed by atoms with E-state index in [1.54, 1.807) is 11.0 Å². The average Bonchev–Trinajstić information content (AvgIpc) is 2.69. The van der Waals surface area contributed by atoms with E-state index in [9.17, 15) is 9.18 Å². The summed E-state index contributed by atoms with van der Waals surface area (Å²) in [4.78, 5) is 20.2. The minimum absolute atomic E-state index is 0.190. The normalized spacial score (nSPS) is 15.5. The lowest BCUT2D eigenvalue weighted by Gasteiger charge is -2.32. The summed E-state index contributed by atoms with van der Waals surface area (Å²) < 4.78 is 19.0. The zero-order valence-corrected chi connectivity index (χ0v) is 18.0. The van der Waals surface area contributed by atoms with Gasteiger partial charge in [-0.2, -0.15) is 0 Å². The number of likely N-dealkylation sites (tertiary alicyclic amines) is 1. The second kappa shape index (κ2) is 11.6. The first-order chi connectivity index (χ1) is 13.9. The Hall–Kier alpha value is -2.35. The molecule has 29 heavy (non-hydrogen) atoms. The van der Waals surface area contributed by atoms with Crippen molar-refractivity contribution in [3.63, 3.8) is 0 Å². The molecule has 0 bridgehead atoms. The van der Waals surface area contributed by atoms with Crippen LogP contribution < -0.4 is 10.6 Å². The van der Waals surface area contributed by atoms with Crippen molar-refractivity contribution in [2.24, 2.45) is 4.99 Å². The molecule has 0 spiro atoms. The van der Waals surface area contributed by atoms with Gasteiger partial charge in [0.1, 0.15) is 5.82 Å². The number of carbonyl (C=O) groups excluding carboxylic acids is 1. The SMILES string of the molecule is CCNC(=NCc1ccc(F)c(CN(C)C)c1)NC1CCN(C(=O)OCC)CC1. The fraction of sp³-hybridized carbons (Fsp3) is 0.619. The van der Waals surface area contributed by atoms with Gasteiger partial charge in [-0.25, -0.2) is 14.2 Å². The van der Waals surface area contributed by atoms with Crippen molar-refractivity contribution in [1.29, 1.82) is 0 Å². The van der Waals surface area contributed by atoms with E-state index < -0.39 is 0 Å². The topological polar surface area (TPSA) is 69.2 Å². The van der Waals surface area contributed by atoms with E-state index in [-0.39, 0.29) is 18.0 Å². The van der Waals surface area contributed by atoms with Gasteiger partial charge in [-0.3, -0.25) is 0 Å². The number of rotatable bonds is 7. The highest BCUT2D eigenvalue weighted by atomic mass is 19.1. The Morgan fingerprint density at radius 2 is 2.03 bits per heavy atom. The van der Waals surface area contributed by atoms with Crippen LogP contribution in [-0.2, 0) is 17.8 Å². The zero-order valence-electron chi connectivity index (χ0n) is 18.0. The first-order valence-electron chi connectivity index (χ1n) is 10.3. The van der Waals surface area contributed by atoms with E-state index in [4.69, 9.17) is 4.74 Å². The molecule has 2 rings (SSSR count). The van der Waals surface area contributed by atoms with Gasteiger partial charge < -0.3 is 25.2 Å². The van der Waals surface area contributed by atoms with E-state index in [2.05, 4.69) is 15.6 Å². The molecule has 1 heterocycles. The van der Waals surface area contributed by atoms with Crippen LogP contribution in [0.15, 0.2) is 23.2 Å². The summed E-state index contributed by atoms with van der Waals surface area (Å²) in [5.74, 6) is 0.547. The van der Waals surface area contributed by atoms with Gasteiger partial charge in [-0.1, -0.05) is 6.07 Å². The van der Waals surface area contributed by atoms with Crippen LogP contribution in [0.3, 0.4) is 0 Å². The highest BCUT2D eigenvalue weighted by molar-refractivity contribution is 5.80. The Morgan fingerprint density at radius 1 is 1.31 bits per heavy atom. The van der Waals surface area contributed by atoms with Crippen LogP contribution in [-0.4, -0.2) is 68.2 Å². The van der Waals surface area contributed by atoms with Crippen molar-refractivity contribution >= 4 is 12.1 Å². The third-order valence-corrected chi connectivity index (χ3v) is 4.72. The number of ether oxygens (including phenoxy) is 1. The van der Waals surface area contributed by atoms with Gasteiger partial charge in [-0.05, 0) is 58.5 Å². The molecule has 0 saturated carbocycles. The molecule has 0 atom stereocenters. The molecule has 0 aromatic heterocycles. The third kappa shape index (κ3) is 7.53. The number of guanidine groups is 1. The number of benzene rings is 1. The number of hydrogen-bond donors (Lipinski definition) is 2. The molecule has 1 aliphatic heterocycles. The predicted octanol–water partition coefficient (Wildman–Crippen LogP) is 2.56. The molecule has 1 fully saturated rings. The smallest absolute Gasteiger partial charge is 0.409 e. The van der Waals surface area contributed by atoms with Gasteiger partial charge in [0, 0.05) is 37.8 Å². The highest BCUT2D eigenvalue weighted by Crippen LogP contribution is 2.14. The Balaban J connectivity index is 1.94. The largest absolute Gasteiger partial charge is 0.450 e. The van der Waals surface area contributed by atoms with Gasteiger partial charge in [0.05, 0.1) is 13.2 Å². The second-order valence-corrected chi connectivity index (χ2v) is 7.46. The fourth-order valence-corrected chi connectivity index (χ4v) is 3.29. The minimum Gasteiger partial charge on any atom is -0.450 e. The van der Waals surface area contributed by atoms with Gasteiger partial charge >= 0.3 is 6.09 Å². The van der Waals surface area contributed by atoms with Crippen LogP contribution in [0.4, 0.5) is 9.18 Å². The lowest BCUT2D eigenvalue weighted by Crippen LogP contribution is -2.49. The van der Waals surface area contributed by atoms with E-state index in [0.717, 1.165) is 30.9 Å². The monoisotopic (exact) mass is 407 g/mol. The number of carbonyl (C=O) groups is 1. The van der Waals surface area contributed by atoms with Crippen LogP contribution >= 0.6 is 0 Å². The molecular formula is C21H34FN5O2. The number of nitrogens with one attached hydrogen (secondary N) is 2. The number of hydrogen-bond acceptors (Lipinski definition) is 4. The van der Waals surface area contributed by atoms with Crippen molar-refractivity contribution in [3.05, 3.63) is 35.1 Å². The first-order valence-corrected chi connectivity index (χ1v) is 10.3. The molecule has 1 aliphatic rings. The maximum atomic E-state index is 14.0. The standard InChI is InChI=1S/C21H34FN5O2/c1-5-23-20(25-18-9-11-27(12-10-18)21(28)29-6-2)24-14-16-7-8-19(22)17(13-16)15-26(3)4/h7-8,13,18H,5-6,9-12,14-15H2,1-4H3,(H2,23,24,25). The second-order valence-electron chi connectivity index (χ2n) is 7.46. The molecule has 2 N–H and O–H groups in total. The average molecular weight is 408 g/mol. The van der Waals surface area contributed by atoms with Crippen LogP contribution in [0, 0.1) is 5.82 Å². The molecule has 8 heteroatoms. The summed E-state index contributed by atoms with van der Waals surface area (Å²) in [6.07, 6.45) is 1.44. The Labute approximate surface area is 173 Å². The Morgan fingerprint density at radius 3 is 2.66 bits per heavy atom. The number of amides is 1. The Kier molecular flexibility index (Phi) is 9.18. The maximum Gasteiger partial charge on any atom is 0.409 e. The van der Waals surface area contributed by atoms with Crippen molar-refractivity contribution in [3.8, 4) is 0 Å². The van der Waals surface area contributed by atoms with Gasteiger partial charge in [0.25, 0.3) is 0 Å². The van der Waals surface area contributed by atoms with Crippen molar-refractivity contribution in [2.75, 3.05) is 40.3 Å². The summed E-state index contributed by atoms with van der Waals surface area (Å²) in [5, 5.41) is 6.72. The van der Waals surface area contributed by atoms with Gasteiger partial charge in [-0.15, -0.1) is 0 Å². The van der Waals surface area contributed by atoms with Gasteiger partial charge in [0.15, 0.2) is 5.96 Å². The molecule has 1 amide bonds. The molecule has 1 aromatic carbocycles. The fourth-order valence-electron chi connectivity index (χ4n) is 3.29. The number of aliphatic imine (C=N–C) groups is 1. The number of piperidine rings is 1. The van der Waals surface area contributed by atoms with E-state index in [1.807, 2.05) is 38.9 Å². The lowest BCUT2D eigenvalue weighted by molar-refractivity contribution is 0.0963. The maximum absolute atomic E-state index is 14.0. The molecular weight excluding hydrogens is 373 g/mol. The van der Waals surface area contributed by atoms with E-state index >= 15 is 0 Å². The van der Waals surface area contributed by atoms with E-state index in [0.29, 0.717) is 38.3 Å². The third-order valence-electron chi connectivity index (χ3n) is 4.72. The van der Waals surface area contributed by atoms with Gasteiger partial charge in [0.2, 0.25) is 0 Å². The number of halogens is 1.